The lowest BCUT2D eigenvalue weighted by Crippen LogP contribution is -2.36. The molecule has 0 bridgehead atoms. The van der Waals surface area contributed by atoms with Crippen LogP contribution >= 0.6 is 0 Å². The zero-order chi connectivity index (χ0) is 21.5. The number of carboxylic acid groups (broad SMARTS) is 1. The smallest absolute Gasteiger partial charge is 0.306 e. The number of ether oxygens (including phenoxy) is 2. The minimum atomic E-state index is -0.711. The van der Waals surface area contributed by atoms with Crippen LogP contribution in [0.5, 0.6) is 11.5 Å². The van der Waals surface area contributed by atoms with Crippen molar-refractivity contribution >= 4 is 23.4 Å². The Balaban J connectivity index is 1.51. The topological polar surface area (TPSA) is 137 Å². The van der Waals surface area contributed by atoms with E-state index < -0.39 is 5.97 Å². The van der Waals surface area contributed by atoms with Gasteiger partial charge in [0.25, 0.3) is 0 Å². The molecular weight excluding hydrogens is 386 g/mol. The van der Waals surface area contributed by atoms with Crippen LogP contribution in [0.15, 0.2) is 24.3 Å². The van der Waals surface area contributed by atoms with Gasteiger partial charge in [-0.2, -0.15) is 4.98 Å². The molecule has 0 radical (unpaired) electrons. The van der Waals surface area contributed by atoms with E-state index in [0.717, 1.165) is 11.4 Å². The van der Waals surface area contributed by atoms with Gasteiger partial charge in [0.05, 0.1) is 30.5 Å². The Morgan fingerprint density at radius 2 is 1.87 bits per heavy atom. The number of carboxylic acids is 1. The molecule has 1 aliphatic heterocycles. The highest BCUT2D eigenvalue weighted by Gasteiger charge is 2.25. The average molecular weight is 415 g/mol. The van der Waals surface area contributed by atoms with Gasteiger partial charge < -0.3 is 30.9 Å². The van der Waals surface area contributed by atoms with Gasteiger partial charge in [-0.25, -0.2) is 4.98 Å². The summed E-state index contributed by atoms with van der Waals surface area (Å²) < 4.78 is 11.8. The van der Waals surface area contributed by atoms with Crippen molar-refractivity contribution in [3.05, 3.63) is 30.0 Å². The number of rotatable bonds is 9. The molecule has 1 aromatic heterocycles. The molecule has 1 aliphatic rings. The summed E-state index contributed by atoms with van der Waals surface area (Å²) in [6, 6.07) is 7.83. The molecule has 162 valence electrons. The molecule has 5 N–H and O–H groups in total. The molecule has 9 nitrogen and oxygen atoms in total. The van der Waals surface area contributed by atoms with Crippen molar-refractivity contribution in [2.75, 3.05) is 42.7 Å². The number of aryl methyl sites for hydroxylation is 1. The van der Waals surface area contributed by atoms with E-state index in [9.17, 15) is 9.90 Å². The van der Waals surface area contributed by atoms with Crippen LogP contribution in [-0.2, 0) is 11.2 Å². The number of para-hydroxylation sites is 2. The van der Waals surface area contributed by atoms with E-state index in [1.807, 2.05) is 31.2 Å². The number of carbonyl (C=O) groups is 1. The zero-order valence-corrected chi connectivity index (χ0v) is 17.2. The first kappa shape index (κ1) is 21.5. The van der Waals surface area contributed by atoms with E-state index in [2.05, 4.69) is 14.9 Å². The van der Waals surface area contributed by atoms with Crippen LogP contribution in [0, 0.1) is 5.92 Å². The van der Waals surface area contributed by atoms with Gasteiger partial charge in [-0.15, -0.1) is 0 Å². The minimum absolute atomic E-state index is 0.143. The second-order valence-corrected chi connectivity index (χ2v) is 7.21. The third kappa shape index (κ3) is 5.22. The van der Waals surface area contributed by atoms with Gasteiger partial charge >= 0.3 is 5.97 Å². The highest BCUT2D eigenvalue weighted by Crippen LogP contribution is 2.32. The molecule has 1 saturated heterocycles. The Kier molecular flexibility index (Phi) is 7.16. The normalized spacial score (nSPS) is 14.5. The Morgan fingerprint density at radius 3 is 2.57 bits per heavy atom. The standard InChI is InChI=1S/C21H29N5O4/c1-2-15-18(19(22)25-21(23)24-15)30-13-5-12-29-17-7-4-3-6-16(17)26-10-8-14(9-11-26)20(27)28/h3-4,6-7,14H,2,5,8-13H2,1H3,(H,27,28)(H4,22,23,24,25). The van der Waals surface area contributed by atoms with Gasteiger partial charge in [-0.3, -0.25) is 4.79 Å². The summed E-state index contributed by atoms with van der Waals surface area (Å²) in [5.41, 5.74) is 13.2. The van der Waals surface area contributed by atoms with Crippen LogP contribution in [0.1, 0.15) is 31.9 Å². The molecule has 0 unspecified atom stereocenters. The van der Waals surface area contributed by atoms with Gasteiger partial charge in [0.1, 0.15) is 5.75 Å². The van der Waals surface area contributed by atoms with Crippen molar-refractivity contribution < 1.29 is 19.4 Å². The van der Waals surface area contributed by atoms with Gasteiger partial charge in [0.15, 0.2) is 11.6 Å². The number of piperidine rings is 1. The molecule has 0 saturated carbocycles. The molecule has 3 rings (SSSR count). The lowest BCUT2D eigenvalue weighted by Gasteiger charge is -2.33. The van der Waals surface area contributed by atoms with Crippen molar-refractivity contribution in [2.24, 2.45) is 5.92 Å². The number of benzene rings is 1. The number of hydrogen-bond acceptors (Lipinski definition) is 8. The number of aromatic nitrogens is 2. The molecule has 1 fully saturated rings. The number of nitrogen functional groups attached to an aromatic ring is 2. The fourth-order valence-corrected chi connectivity index (χ4v) is 3.56. The molecule has 0 aliphatic carbocycles. The maximum Gasteiger partial charge on any atom is 0.306 e. The highest BCUT2D eigenvalue weighted by molar-refractivity contribution is 5.70. The van der Waals surface area contributed by atoms with Crippen LogP contribution in [-0.4, -0.2) is 47.3 Å². The minimum Gasteiger partial charge on any atom is -0.491 e. The SMILES string of the molecule is CCc1nc(N)nc(N)c1OCCCOc1ccccc1N1CCC(C(=O)O)CC1. The fourth-order valence-electron chi connectivity index (χ4n) is 3.56. The van der Waals surface area contributed by atoms with Crippen molar-refractivity contribution in [1.29, 1.82) is 0 Å². The highest BCUT2D eigenvalue weighted by atomic mass is 16.5. The second kappa shape index (κ2) is 10.00. The van der Waals surface area contributed by atoms with Crippen LogP contribution in [0.25, 0.3) is 0 Å². The van der Waals surface area contributed by atoms with Crippen molar-refractivity contribution in [3.63, 3.8) is 0 Å². The lowest BCUT2D eigenvalue weighted by molar-refractivity contribution is -0.142. The fraction of sp³-hybridized carbons (Fsp3) is 0.476. The van der Waals surface area contributed by atoms with Crippen molar-refractivity contribution in [2.45, 2.75) is 32.6 Å². The summed E-state index contributed by atoms with van der Waals surface area (Å²) in [5, 5.41) is 9.19. The monoisotopic (exact) mass is 415 g/mol. The molecule has 2 heterocycles. The predicted octanol–water partition coefficient (Wildman–Crippen LogP) is 2.35. The summed E-state index contributed by atoms with van der Waals surface area (Å²) in [7, 11) is 0. The Hall–Kier alpha value is -3.23. The van der Waals surface area contributed by atoms with Crippen molar-refractivity contribution in [1.82, 2.24) is 9.97 Å². The second-order valence-electron chi connectivity index (χ2n) is 7.21. The van der Waals surface area contributed by atoms with Gasteiger partial charge in [0, 0.05) is 19.5 Å². The number of hydrogen-bond donors (Lipinski definition) is 3. The van der Waals surface area contributed by atoms with Gasteiger partial charge in [-0.1, -0.05) is 19.1 Å². The number of nitrogens with zero attached hydrogens (tertiary/aromatic N) is 3. The number of anilines is 3. The maximum atomic E-state index is 11.2. The Labute approximate surface area is 176 Å². The summed E-state index contributed by atoms with van der Waals surface area (Å²) >= 11 is 0. The summed E-state index contributed by atoms with van der Waals surface area (Å²) in [4.78, 5) is 21.5. The molecule has 0 spiro atoms. The summed E-state index contributed by atoms with van der Waals surface area (Å²) in [5.74, 6) is 0.686. The predicted molar refractivity (Wildman–Crippen MR) is 115 cm³/mol. The lowest BCUT2D eigenvalue weighted by atomic mass is 9.96. The quantitative estimate of drug-likeness (QED) is 0.527. The van der Waals surface area contributed by atoms with Crippen LogP contribution in [0.3, 0.4) is 0 Å². The van der Waals surface area contributed by atoms with Crippen molar-refractivity contribution in [3.8, 4) is 11.5 Å². The average Bonchev–Trinajstić information content (AvgIpc) is 2.74. The molecule has 0 atom stereocenters. The first-order valence-electron chi connectivity index (χ1n) is 10.2. The Morgan fingerprint density at radius 1 is 1.17 bits per heavy atom. The van der Waals surface area contributed by atoms with Crippen LogP contribution in [0.2, 0.25) is 0 Å². The van der Waals surface area contributed by atoms with Gasteiger partial charge in [-0.05, 0) is 31.4 Å². The molecule has 1 aromatic carbocycles. The van der Waals surface area contributed by atoms with E-state index in [1.54, 1.807) is 0 Å². The number of nitrogens with two attached hydrogens (primary N) is 2. The molecule has 30 heavy (non-hydrogen) atoms. The largest absolute Gasteiger partial charge is 0.491 e. The van der Waals surface area contributed by atoms with E-state index in [1.165, 1.54) is 0 Å². The van der Waals surface area contributed by atoms with E-state index >= 15 is 0 Å². The zero-order valence-electron chi connectivity index (χ0n) is 17.2. The molecule has 9 heteroatoms. The first-order chi connectivity index (χ1) is 14.5. The molecule has 0 amide bonds. The van der Waals surface area contributed by atoms with Crippen LogP contribution < -0.4 is 25.8 Å². The third-order valence-electron chi connectivity index (χ3n) is 5.16. The first-order valence-corrected chi connectivity index (χ1v) is 10.2. The summed E-state index contributed by atoms with van der Waals surface area (Å²) in [6.45, 7) is 4.25. The van der Waals surface area contributed by atoms with E-state index in [0.29, 0.717) is 63.4 Å². The van der Waals surface area contributed by atoms with E-state index in [-0.39, 0.29) is 17.7 Å². The summed E-state index contributed by atoms with van der Waals surface area (Å²) in [6.07, 6.45) is 2.59. The third-order valence-corrected chi connectivity index (χ3v) is 5.16. The molecular formula is C21H29N5O4. The Bertz CT molecular complexity index is 868. The number of aliphatic carboxylic acids is 1. The maximum absolute atomic E-state index is 11.2. The van der Waals surface area contributed by atoms with E-state index in [4.69, 9.17) is 20.9 Å². The molecule has 2 aromatic rings. The van der Waals surface area contributed by atoms with Crippen LogP contribution in [0.4, 0.5) is 17.5 Å². The van der Waals surface area contributed by atoms with Gasteiger partial charge in [0.2, 0.25) is 5.95 Å².